The van der Waals surface area contributed by atoms with Crippen molar-refractivity contribution in [3.05, 3.63) is 22.3 Å². The zero-order valence-electron chi connectivity index (χ0n) is 7.99. The molecule has 11 heavy (non-hydrogen) atoms. The van der Waals surface area contributed by atoms with E-state index in [-0.39, 0.29) is 0 Å². The topological polar surface area (TPSA) is 17.1 Å². The van der Waals surface area contributed by atoms with Gasteiger partial charge in [-0.3, -0.25) is 4.79 Å². The second-order valence-corrected chi connectivity index (χ2v) is 3.05. The van der Waals surface area contributed by atoms with Crippen molar-refractivity contribution in [2.45, 2.75) is 34.6 Å². The first-order valence-corrected chi connectivity index (χ1v) is 3.77. The molecule has 62 valence electrons. The van der Waals surface area contributed by atoms with Crippen molar-refractivity contribution in [3.8, 4) is 0 Å². The summed E-state index contributed by atoms with van der Waals surface area (Å²) in [5, 5.41) is 0. The SMILES string of the molecule is CC(C)=C(C)C(C)=C(C)C=O. The van der Waals surface area contributed by atoms with E-state index in [9.17, 15) is 4.79 Å². The molecule has 0 spiro atoms. The van der Waals surface area contributed by atoms with Crippen LogP contribution < -0.4 is 0 Å². The van der Waals surface area contributed by atoms with Crippen LogP contribution in [0.15, 0.2) is 22.3 Å². The van der Waals surface area contributed by atoms with Crippen molar-refractivity contribution in [2.75, 3.05) is 0 Å². The third kappa shape index (κ3) is 2.71. The third-order valence-electron chi connectivity index (χ3n) is 2.08. The molecule has 1 nitrogen and oxygen atoms in total. The van der Waals surface area contributed by atoms with Crippen LogP contribution in [0.3, 0.4) is 0 Å². The zero-order chi connectivity index (χ0) is 9.02. The lowest BCUT2D eigenvalue weighted by molar-refractivity contribution is -0.104. The molecular formula is C10H16O. The molecule has 0 aliphatic heterocycles. The normalized spacial score (nSPS) is 12.1. The number of carbonyl (C=O) groups excluding carboxylic acids is 1. The van der Waals surface area contributed by atoms with Gasteiger partial charge in [-0.1, -0.05) is 5.57 Å². The quantitative estimate of drug-likeness (QED) is 0.338. The van der Waals surface area contributed by atoms with Crippen LogP contribution in [0.4, 0.5) is 0 Å². The maximum Gasteiger partial charge on any atom is 0.146 e. The van der Waals surface area contributed by atoms with E-state index in [0.29, 0.717) is 0 Å². The highest BCUT2D eigenvalue weighted by Crippen LogP contribution is 2.15. The summed E-state index contributed by atoms with van der Waals surface area (Å²) >= 11 is 0. The molecule has 0 heterocycles. The minimum atomic E-state index is 0.823. The fraction of sp³-hybridized carbons (Fsp3) is 0.500. The van der Waals surface area contributed by atoms with E-state index in [2.05, 4.69) is 13.8 Å². The van der Waals surface area contributed by atoms with E-state index in [1.54, 1.807) is 0 Å². The highest BCUT2D eigenvalue weighted by atomic mass is 16.1. The largest absolute Gasteiger partial charge is 0.298 e. The van der Waals surface area contributed by atoms with Gasteiger partial charge in [-0.15, -0.1) is 0 Å². The molecule has 0 aliphatic rings. The van der Waals surface area contributed by atoms with Crippen molar-refractivity contribution in [1.82, 2.24) is 0 Å². The predicted octanol–water partition coefficient (Wildman–Crippen LogP) is 2.88. The van der Waals surface area contributed by atoms with Crippen LogP contribution in [0.1, 0.15) is 34.6 Å². The average molecular weight is 152 g/mol. The fourth-order valence-electron chi connectivity index (χ4n) is 0.759. The van der Waals surface area contributed by atoms with E-state index in [4.69, 9.17) is 0 Å². The van der Waals surface area contributed by atoms with Crippen molar-refractivity contribution >= 4 is 6.29 Å². The highest BCUT2D eigenvalue weighted by Gasteiger charge is 1.98. The summed E-state index contributed by atoms with van der Waals surface area (Å²) in [4.78, 5) is 10.4. The molecule has 0 fully saturated rings. The van der Waals surface area contributed by atoms with Crippen molar-refractivity contribution in [3.63, 3.8) is 0 Å². The summed E-state index contributed by atoms with van der Waals surface area (Å²) in [6, 6.07) is 0. The molecule has 0 aromatic carbocycles. The fourth-order valence-corrected chi connectivity index (χ4v) is 0.759. The Morgan fingerprint density at radius 1 is 0.909 bits per heavy atom. The molecule has 0 amide bonds. The lowest BCUT2D eigenvalue weighted by atomic mass is 10.0. The van der Waals surface area contributed by atoms with Gasteiger partial charge < -0.3 is 0 Å². The van der Waals surface area contributed by atoms with Crippen LogP contribution in [0, 0.1) is 0 Å². The summed E-state index contributed by atoms with van der Waals surface area (Å²) in [7, 11) is 0. The second-order valence-electron chi connectivity index (χ2n) is 3.05. The molecule has 0 bridgehead atoms. The Kier molecular flexibility index (Phi) is 3.80. The molecule has 0 radical (unpaired) electrons. The maximum absolute atomic E-state index is 10.4. The monoisotopic (exact) mass is 152 g/mol. The molecule has 0 aromatic heterocycles. The summed E-state index contributed by atoms with van der Waals surface area (Å²) in [6.07, 6.45) is 0.905. The van der Waals surface area contributed by atoms with Crippen molar-refractivity contribution < 1.29 is 4.79 Å². The van der Waals surface area contributed by atoms with Gasteiger partial charge in [0.2, 0.25) is 0 Å². The highest BCUT2D eigenvalue weighted by molar-refractivity contribution is 5.75. The molecule has 0 N–H and O–H groups in total. The van der Waals surface area contributed by atoms with Crippen LogP contribution in [0.25, 0.3) is 0 Å². The van der Waals surface area contributed by atoms with Gasteiger partial charge >= 0.3 is 0 Å². The van der Waals surface area contributed by atoms with E-state index < -0.39 is 0 Å². The Morgan fingerprint density at radius 3 is 1.64 bits per heavy atom. The van der Waals surface area contributed by atoms with Crippen LogP contribution in [0.2, 0.25) is 0 Å². The molecule has 0 atom stereocenters. The second kappa shape index (κ2) is 4.12. The Balaban J connectivity index is 4.90. The summed E-state index contributed by atoms with van der Waals surface area (Å²) in [5.74, 6) is 0. The summed E-state index contributed by atoms with van der Waals surface area (Å²) in [5.41, 5.74) is 4.40. The van der Waals surface area contributed by atoms with E-state index >= 15 is 0 Å². The first-order chi connectivity index (χ1) is 5.00. The molecule has 0 unspecified atom stereocenters. The lowest BCUT2D eigenvalue weighted by Crippen LogP contribution is -1.89. The summed E-state index contributed by atoms with van der Waals surface area (Å²) < 4.78 is 0. The Hall–Kier alpha value is -0.850. The first kappa shape index (κ1) is 10.2. The lowest BCUT2D eigenvalue weighted by Gasteiger charge is -2.05. The molecule has 0 aromatic rings. The first-order valence-electron chi connectivity index (χ1n) is 3.77. The molecule has 0 saturated carbocycles. The van der Waals surface area contributed by atoms with Gasteiger partial charge in [0.05, 0.1) is 0 Å². The van der Waals surface area contributed by atoms with E-state index in [1.807, 2.05) is 20.8 Å². The minimum absolute atomic E-state index is 0.823. The van der Waals surface area contributed by atoms with Gasteiger partial charge in [0.15, 0.2) is 0 Å². The molecule has 0 aliphatic carbocycles. The molecule has 0 saturated heterocycles. The van der Waals surface area contributed by atoms with E-state index in [0.717, 1.165) is 17.4 Å². The van der Waals surface area contributed by atoms with Crippen LogP contribution in [-0.4, -0.2) is 6.29 Å². The number of hydrogen-bond donors (Lipinski definition) is 0. The van der Waals surface area contributed by atoms with Crippen molar-refractivity contribution in [1.29, 1.82) is 0 Å². The summed E-state index contributed by atoms with van der Waals surface area (Å²) in [6.45, 7) is 9.96. The molecule has 0 rings (SSSR count). The van der Waals surface area contributed by atoms with Gasteiger partial charge in [-0.2, -0.15) is 0 Å². The van der Waals surface area contributed by atoms with Gasteiger partial charge in [0.25, 0.3) is 0 Å². The maximum atomic E-state index is 10.4. The number of allylic oxidation sites excluding steroid dienone is 4. The number of aldehydes is 1. The van der Waals surface area contributed by atoms with Gasteiger partial charge in [0.1, 0.15) is 6.29 Å². The Bertz CT molecular complexity index is 215. The average Bonchev–Trinajstić information content (AvgIpc) is 2.00. The van der Waals surface area contributed by atoms with Crippen LogP contribution in [0.5, 0.6) is 0 Å². The zero-order valence-corrected chi connectivity index (χ0v) is 7.99. The smallest absolute Gasteiger partial charge is 0.146 e. The molecular weight excluding hydrogens is 136 g/mol. The van der Waals surface area contributed by atoms with Gasteiger partial charge in [-0.05, 0) is 51.3 Å². The van der Waals surface area contributed by atoms with Crippen molar-refractivity contribution in [2.24, 2.45) is 0 Å². The number of carbonyl (C=O) groups is 1. The van der Waals surface area contributed by atoms with Crippen LogP contribution >= 0.6 is 0 Å². The Labute approximate surface area is 68.8 Å². The van der Waals surface area contributed by atoms with Gasteiger partial charge in [-0.25, -0.2) is 0 Å². The van der Waals surface area contributed by atoms with Crippen LogP contribution in [-0.2, 0) is 4.79 Å². The minimum Gasteiger partial charge on any atom is -0.298 e. The van der Waals surface area contributed by atoms with E-state index in [1.165, 1.54) is 11.1 Å². The molecule has 1 heteroatoms. The Morgan fingerprint density at radius 2 is 1.36 bits per heavy atom. The standard InChI is InChI=1S/C10H16O/c1-7(2)9(4)10(5)8(3)6-11/h6H,1-5H3. The number of rotatable bonds is 2. The predicted molar refractivity (Wildman–Crippen MR) is 48.5 cm³/mol. The third-order valence-corrected chi connectivity index (χ3v) is 2.08. The van der Waals surface area contributed by atoms with Gasteiger partial charge in [0, 0.05) is 0 Å². The number of hydrogen-bond acceptors (Lipinski definition) is 1.